The highest BCUT2D eigenvalue weighted by Gasteiger charge is 1.87. The van der Waals surface area contributed by atoms with Gasteiger partial charge in [0.15, 0.2) is 0 Å². The van der Waals surface area contributed by atoms with Gasteiger partial charge in [-0.3, -0.25) is 10.1 Å². The third kappa shape index (κ3) is 1.99. The number of hydrogen-bond donors (Lipinski definition) is 0. The zero-order chi connectivity index (χ0) is 7.40. The molecule has 1 aromatic heterocycles. The molecule has 52 valence electrons. The van der Waals surface area contributed by atoms with Crippen molar-refractivity contribution >= 4 is 17.4 Å². The molecule has 0 aliphatic heterocycles. The summed E-state index contributed by atoms with van der Waals surface area (Å²) < 4.78 is 0. The molecule has 4 heteroatoms. The minimum atomic E-state index is -0.475. The minimum Gasteiger partial charge on any atom is -0.259 e. The van der Waals surface area contributed by atoms with E-state index in [9.17, 15) is 10.1 Å². The average molecular weight is 155 g/mol. The fourth-order valence-electron chi connectivity index (χ4n) is 0.517. The summed E-state index contributed by atoms with van der Waals surface area (Å²) in [5, 5.41) is 13.5. The molecule has 0 saturated heterocycles. The van der Waals surface area contributed by atoms with Crippen molar-refractivity contribution in [2.75, 3.05) is 0 Å². The van der Waals surface area contributed by atoms with Gasteiger partial charge in [-0.15, -0.1) is 0 Å². The maximum Gasteiger partial charge on any atom is 0.235 e. The van der Waals surface area contributed by atoms with Crippen LogP contribution in [0.3, 0.4) is 0 Å². The van der Waals surface area contributed by atoms with Crippen molar-refractivity contribution in [3.8, 4) is 0 Å². The number of nitro groups is 1. The Balaban J connectivity index is 2.64. The lowest BCUT2D eigenvalue weighted by Crippen LogP contribution is -1.80. The molecule has 0 N–H and O–H groups in total. The van der Waals surface area contributed by atoms with Gasteiger partial charge in [0.25, 0.3) is 0 Å². The topological polar surface area (TPSA) is 43.1 Å². The van der Waals surface area contributed by atoms with Crippen LogP contribution >= 0.6 is 11.3 Å². The summed E-state index contributed by atoms with van der Waals surface area (Å²) in [6.45, 7) is 0. The first-order valence-electron chi connectivity index (χ1n) is 2.63. The lowest BCUT2D eigenvalue weighted by atomic mass is 10.3. The molecule has 0 bridgehead atoms. The molecule has 0 amide bonds. The predicted molar refractivity (Wildman–Crippen MR) is 40.3 cm³/mol. The highest BCUT2D eigenvalue weighted by Crippen LogP contribution is 2.06. The lowest BCUT2D eigenvalue weighted by Gasteiger charge is -1.77. The Hall–Kier alpha value is -1.16. The third-order valence-electron chi connectivity index (χ3n) is 0.932. The van der Waals surface area contributed by atoms with Crippen molar-refractivity contribution in [2.24, 2.45) is 0 Å². The molecule has 1 heterocycles. The van der Waals surface area contributed by atoms with Crippen LogP contribution in [-0.2, 0) is 0 Å². The zero-order valence-electron chi connectivity index (χ0n) is 5.06. The summed E-state index contributed by atoms with van der Waals surface area (Å²) in [7, 11) is 0. The van der Waals surface area contributed by atoms with E-state index in [2.05, 4.69) is 0 Å². The number of hydrogen-bond acceptors (Lipinski definition) is 3. The molecule has 1 rings (SSSR count). The van der Waals surface area contributed by atoms with Gasteiger partial charge in [0.05, 0.1) is 4.92 Å². The van der Waals surface area contributed by atoms with Crippen molar-refractivity contribution < 1.29 is 4.92 Å². The Kier molecular flexibility index (Phi) is 2.17. The fraction of sp³-hybridized carbons (Fsp3) is 0. The van der Waals surface area contributed by atoms with E-state index < -0.39 is 4.92 Å². The van der Waals surface area contributed by atoms with Gasteiger partial charge in [-0.2, -0.15) is 11.3 Å². The van der Waals surface area contributed by atoms with Crippen LogP contribution in [0.1, 0.15) is 5.56 Å². The van der Waals surface area contributed by atoms with Gasteiger partial charge in [-0.1, -0.05) is 0 Å². The van der Waals surface area contributed by atoms with E-state index in [1.54, 1.807) is 0 Å². The first kappa shape index (κ1) is 6.95. The molecule has 10 heavy (non-hydrogen) atoms. The Labute approximate surface area is 61.8 Å². The van der Waals surface area contributed by atoms with Crippen LogP contribution in [0.15, 0.2) is 23.0 Å². The second kappa shape index (κ2) is 3.12. The lowest BCUT2D eigenvalue weighted by molar-refractivity contribution is -0.400. The molecular formula is C6H5NO2S. The monoisotopic (exact) mass is 155 g/mol. The molecule has 1 aromatic rings. The summed E-state index contributed by atoms with van der Waals surface area (Å²) in [5.74, 6) is 0. The van der Waals surface area contributed by atoms with Crippen molar-refractivity contribution in [3.63, 3.8) is 0 Å². The van der Waals surface area contributed by atoms with Gasteiger partial charge in [-0.05, 0) is 22.4 Å². The standard InChI is InChI=1S/C6H5NO2S/c8-7(9)3-1-6-2-4-10-5-6/h1-5H. The molecule has 0 atom stereocenters. The number of rotatable bonds is 2. The van der Waals surface area contributed by atoms with Gasteiger partial charge < -0.3 is 0 Å². The largest absolute Gasteiger partial charge is 0.259 e. The molecular weight excluding hydrogens is 150 g/mol. The molecule has 0 spiro atoms. The van der Waals surface area contributed by atoms with Gasteiger partial charge in [-0.25, -0.2) is 0 Å². The maximum atomic E-state index is 9.82. The van der Waals surface area contributed by atoms with E-state index in [0.29, 0.717) is 0 Å². The molecule has 0 aliphatic carbocycles. The van der Waals surface area contributed by atoms with E-state index in [1.165, 1.54) is 17.4 Å². The number of thiophene rings is 1. The van der Waals surface area contributed by atoms with Gasteiger partial charge in [0.2, 0.25) is 6.20 Å². The highest BCUT2D eigenvalue weighted by atomic mass is 32.1. The van der Waals surface area contributed by atoms with Crippen molar-refractivity contribution in [2.45, 2.75) is 0 Å². The van der Waals surface area contributed by atoms with Crippen LogP contribution in [-0.4, -0.2) is 4.92 Å². The summed E-state index contributed by atoms with van der Waals surface area (Å²) in [5.41, 5.74) is 0.877. The average Bonchev–Trinajstić information content (AvgIpc) is 2.34. The van der Waals surface area contributed by atoms with Crippen LogP contribution < -0.4 is 0 Å². The smallest absolute Gasteiger partial charge is 0.235 e. The summed E-state index contributed by atoms with van der Waals surface area (Å²) in [4.78, 5) is 9.34. The normalized spacial score (nSPS) is 10.4. The summed E-state index contributed by atoms with van der Waals surface area (Å²) in [6, 6.07) is 1.82. The van der Waals surface area contributed by atoms with E-state index in [-0.39, 0.29) is 0 Å². The molecule has 3 nitrogen and oxygen atoms in total. The second-order valence-electron chi connectivity index (χ2n) is 1.66. The molecule has 0 aliphatic rings. The zero-order valence-corrected chi connectivity index (χ0v) is 5.88. The van der Waals surface area contributed by atoms with Gasteiger partial charge in [0, 0.05) is 6.08 Å². The van der Waals surface area contributed by atoms with Crippen LogP contribution in [0.2, 0.25) is 0 Å². The Morgan fingerprint density at radius 1 is 1.70 bits per heavy atom. The predicted octanol–water partition coefficient (Wildman–Crippen LogP) is 2.00. The molecule has 0 radical (unpaired) electrons. The number of nitrogens with zero attached hydrogens (tertiary/aromatic N) is 1. The van der Waals surface area contributed by atoms with E-state index in [0.717, 1.165) is 11.8 Å². The van der Waals surface area contributed by atoms with Crippen LogP contribution in [0.5, 0.6) is 0 Å². The van der Waals surface area contributed by atoms with Crippen LogP contribution in [0, 0.1) is 10.1 Å². The third-order valence-corrected chi connectivity index (χ3v) is 1.63. The van der Waals surface area contributed by atoms with Gasteiger partial charge >= 0.3 is 0 Å². The summed E-state index contributed by atoms with van der Waals surface area (Å²) in [6.07, 6.45) is 2.40. The van der Waals surface area contributed by atoms with Crippen LogP contribution in [0.25, 0.3) is 6.08 Å². The minimum absolute atomic E-state index is 0.475. The molecule has 0 saturated carbocycles. The second-order valence-corrected chi connectivity index (χ2v) is 2.44. The Bertz CT molecular complexity index is 240. The quantitative estimate of drug-likeness (QED) is 0.484. The Morgan fingerprint density at radius 3 is 3.00 bits per heavy atom. The van der Waals surface area contributed by atoms with E-state index in [1.807, 2.05) is 16.8 Å². The first-order chi connectivity index (χ1) is 4.79. The SMILES string of the molecule is O=[N+]([O-])C=Cc1ccsc1. The molecule has 0 unspecified atom stereocenters. The van der Waals surface area contributed by atoms with Gasteiger partial charge in [0.1, 0.15) is 0 Å². The van der Waals surface area contributed by atoms with Crippen molar-refractivity contribution in [3.05, 3.63) is 38.7 Å². The van der Waals surface area contributed by atoms with Crippen molar-refractivity contribution in [1.82, 2.24) is 0 Å². The Morgan fingerprint density at radius 2 is 2.50 bits per heavy atom. The van der Waals surface area contributed by atoms with Crippen molar-refractivity contribution in [1.29, 1.82) is 0 Å². The van der Waals surface area contributed by atoms with E-state index >= 15 is 0 Å². The maximum absolute atomic E-state index is 9.82. The fourth-order valence-corrected chi connectivity index (χ4v) is 1.15. The molecule has 0 fully saturated rings. The van der Waals surface area contributed by atoms with Crippen LogP contribution in [0.4, 0.5) is 0 Å². The van der Waals surface area contributed by atoms with E-state index in [4.69, 9.17) is 0 Å². The summed E-state index contributed by atoms with van der Waals surface area (Å²) >= 11 is 1.52. The first-order valence-corrected chi connectivity index (χ1v) is 3.57. The highest BCUT2D eigenvalue weighted by molar-refractivity contribution is 7.08. The molecule has 0 aromatic carbocycles.